The van der Waals surface area contributed by atoms with Crippen molar-refractivity contribution in [2.75, 3.05) is 0 Å². The lowest BCUT2D eigenvalue weighted by atomic mass is 10.1. The normalized spacial score (nSPS) is 8.05. The van der Waals surface area contributed by atoms with Crippen LogP contribution in [0.1, 0.15) is 23.9 Å². The zero-order valence-corrected chi connectivity index (χ0v) is 17.3. The Hall–Kier alpha value is 0.467. The zero-order valence-electron chi connectivity index (χ0n) is 11.5. The molecule has 1 aromatic carbocycles. The molecular weight excluding hydrogens is 359 g/mol. The van der Waals surface area contributed by atoms with Crippen molar-refractivity contribution in [2.45, 2.75) is 26.2 Å². The molecule has 0 aliphatic rings. The topological polar surface area (TPSA) is 12.9 Å². The zero-order chi connectivity index (χ0) is 10.7. The van der Waals surface area contributed by atoms with Gasteiger partial charge in [-0.15, -0.1) is 17.9 Å². The minimum absolute atomic E-state index is 0. The first-order chi connectivity index (χ1) is 7.35. The summed E-state index contributed by atoms with van der Waals surface area (Å²) in [4.78, 5) is 4.69. The maximum atomic E-state index is 4.69. The number of aromatic nitrogens is 1. The molecule has 4 radical (unpaired) electrons. The molecule has 1 nitrogen and oxygen atoms in total. The van der Waals surface area contributed by atoms with Crippen molar-refractivity contribution in [3.8, 4) is 0 Å². The SMILES string of the molecule is C=CCc1cccc2sc(CCC)nc12.S.S.S.S.[Si]. The summed E-state index contributed by atoms with van der Waals surface area (Å²) in [5, 5.41) is 1.25. The molecule has 2 rings (SSSR count). The van der Waals surface area contributed by atoms with Gasteiger partial charge in [0.05, 0.1) is 15.2 Å². The van der Waals surface area contributed by atoms with Crippen LogP contribution in [0.5, 0.6) is 0 Å². The summed E-state index contributed by atoms with van der Waals surface area (Å²) < 4.78 is 1.30. The minimum Gasteiger partial charge on any atom is -0.241 e. The molecule has 20 heavy (non-hydrogen) atoms. The van der Waals surface area contributed by atoms with Gasteiger partial charge in [0.25, 0.3) is 0 Å². The van der Waals surface area contributed by atoms with Gasteiger partial charge in [-0.05, 0) is 30.9 Å². The van der Waals surface area contributed by atoms with E-state index in [1.54, 1.807) is 0 Å². The Kier molecular flexibility index (Phi) is 20.6. The van der Waals surface area contributed by atoms with E-state index in [4.69, 9.17) is 4.98 Å². The van der Waals surface area contributed by atoms with Crippen LogP contribution in [0.3, 0.4) is 0 Å². The fraction of sp³-hybridized carbons (Fsp3) is 0.308. The van der Waals surface area contributed by atoms with Gasteiger partial charge >= 0.3 is 0 Å². The van der Waals surface area contributed by atoms with Crippen LogP contribution in [-0.4, -0.2) is 15.9 Å². The first-order valence-corrected chi connectivity index (χ1v) is 6.15. The third-order valence-electron chi connectivity index (χ3n) is 2.37. The summed E-state index contributed by atoms with van der Waals surface area (Å²) in [5.74, 6) is 0. The van der Waals surface area contributed by atoms with Gasteiger partial charge in [0.1, 0.15) is 0 Å². The summed E-state index contributed by atoms with van der Waals surface area (Å²) in [6.07, 6.45) is 5.10. The number of rotatable bonds is 4. The second-order valence-electron chi connectivity index (χ2n) is 3.61. The fourth-order valence-electron chi connectivity index (χ4n) is 1.69. The summed E-state index contributed by atoms with van der Waals surface area (Å²) in [5.41, 5.74) is 2.46. The highest BCUT2D eigenvalue weighted by Gasteiger charge is 2.06. The van der Waals surface area contributed by atoms with Gasteiger partial charge < -0.3 is 0 Å². The smallest absolute Gasteiger partial charge is 0.0938 e. The molecule has 0 bridgehead atoms. The van der Waals surface area contributed by atoms with Gasteiger partial charge in [0.15, 0.2) is 0 Å². The molecule has 0 N–H and O–H groups in total. The van der Waals surface area contributed by atoms with E-state index in [0.29, 0.717) is 0 Å². The fourth-order valence-corrected chi connectivity index (χ4v) is 2.81. The van der Waals surface area contributed by atoms with E-state index >= 15 is 0 Å². The van der Waals surface area contributed by atoms with E-state index in [9.17, 15) is 0 Å². The van der Waals surface area contributed by atoms with Crippen molar-refractivity contribution in [3.63, 3.8) is 0 Å². The molecule has 2 aromatic rings. The van der Waals surface area contributed by atoms with Crippen LogP contribution >= 0.6 is 65.3 Å². The largest absolute Gasteiger partial charge is 0.241 e. The standard InChI is InChI=1S/C13H15NS.4H2S.Si/c1-3-6-10-8-5-9-11-13(10)14-12(15-11)7-4-2;;;;;/h3,5,8-9H,1,4,6-7H2,2H3;4*1H2;. The van der Waals surface area contributed by atoms with Gasteiger partial charge in [-0.3, -0.25) is 0 Å². The summed E-state index contributed by atoms with van der Waals surface area (Å²) >= 11 is 1.82. The van der Waals surface area contributed by atoms with Crippen molar-refractivity contribution in [3.05, 3.63) is 41.4 Å². The average molecular weight is 382 g/mol. The highest BCUT2D eigenvalue weighted by atomic mass is 32.1. The average Bonchev–Trinajstić information content (AvgIpc) is 2.62. The van der Waals surface area contributed by atoms with Crippen molar-refractivity contribution in [1.82, 2.24) is 4.98 Å². The first-order valence-electron chi connectivity index (χ1n) is 5.33. The molecule has 0 fully saturated rings. The van der Waals surface area contributed by atoms with Gasteiger partial charge in [0, 0.05) is 11.0 Å². The van der Waals surface area contributed by atoms with Crippen molar-refractivity contribution < 1.29 is 0 Å². The quantitative estimate of drug-likeness (QED) is 0.575. The van der Waals surface area contributed by atoms with E-state index in [1.807, 2.05) is 17.4 Å². The Balaban J connectivity index is -0.000000256. The van der Waals surface area contributed by atoms with Gasteiger partial charge in [-0.1, -0.05) is 25.1 Å². The first kappa shape index (κ1) is 28.6. The summed E-state index contributed by atoms with van der Waals surface area (Å²) in [6, 6.07) is 6.40. The molecule has 0 unspecified atom stereocenters. The lowest BCUT2D eigenvalue weighted by Crippen LogP contribution is -1.84. The highest BCUT2D eigenvalue weighted by Crippen LogP contribution is 2.26. The Morgan fingerprint density at radius 1 is 1.20 bits per heavy atom. The van der Waals surface area contributed by atoms with E-state index in [0.717, 1.165) is 19.3 Å². The predicted octanol–water partition coefficient (Wildman–Crippen LogP) is 4.05. The third-order valence-corrected chi connectivity index (χ3v) is 3.46. The molecule has 114 valence electrons. The molecule has 0 atom stereocenters. The molecule has 0 aliphatic carbocycles. The molecule has 0 saturated carbocycles. The molecule has 1 aromatic heterocycles. The lowest BCUT2D eigenvalue weighted by Gasteiger charge is -1.96. The third kappa shape index (κ3) is 6.95. The van der Waals surface area contributed by atoms with Gasteiger partial charge in [-0.25, -0.2) is 4.98 Å². The number of para-hydroxylation sites is 1. The predicted molar refractivity (Wildman–Crippen MR) is 115 cm³/mol. The number of aryl methyl sites for hydroxylation is 1. The maximum Gasteiger partial charge on any atom is 0.0938 e. The number of hydrogen-bond acceptors (Lipinski definition) is 2. The number of thiazole rings is 1. The monoisotopic (exact) mass is 381 g/mol. The second-order valence-corrected chi connectivity index (χ2v) is 4.73. The second kappa shape index (κ2) is 14.4. The Bertz CT molecular complexity index is 487. The Morgan fingerprint density at radius 3 is 2.40 bits per heavy atom. The van der Waals surface area contributed by atoms with Crippen molar-refractivity contribution in [2.24, 2.45) is 0 Å². The molecule has 1 heterocycles. The molecule has 0 aliphatic heterocycles. The molecule has 0 amide bonds. The summed E-state index contributed by atoms with van der Waals surface area (Å²) in [7, 11) is 0. The van der Waals surface area contributed by atoms with Crippen molar-refractivity contribution >= 4 is 86.5 Å². The minimum atomic E-state index is 0. The maximum absolute atomic E-state index is 4.69. The van der Waals surface area contributed by atoms with Gasteiger partial charge in [0.2, 0.25) is 0 Å². The van der Waals surface area contributed by atoms with Crippen LogP contribution in [-0.2, 0) is 12.8 Å². The molecule has 0 saturated heterocycles. The number of hydrogen-bond donors (Lipinski definition) is 0. The van der Waals surface area contributed by atoms with Crippen LogP contribution < -0.4 is 0 Å². The number of nitrogens with zero attached hydrogens (tertiary/aromatic N) is 1. The molecule has 7 heteroatoms. The molecule has 0 spiro atoms. The number of benzene rings is 1. The van der Waals surface area contributed by atoms with Crippen LogP contribution in [0.15, 0.2) is 30.9 Å². The van der Waals surface area contributed by atoms with Crippen molar-refractivity contribution in [1.29, 1.82) is 0 Å². The van der Waals surface area contributed by atoms with E-state index in [-0.39, 0.29) is 64.9 Å². The van der Waals surface area contributed by atoms with E-state index in [1.165, 1.54) is 20.8 Å². The Labute approximate surface area is 158 Å². The van der Waals surface area contributed by atoms with Crippen LogP contribution in [0.4, 0.5) is 0 Å². The number of fused-ring (bicyclic) bond motifs is 1. The number of allylic oxidation sites excluding steroid dienone is 1. The van der Waals surface area contributed by atoms with E-state index in [2.05, 4.69) is 31.7 Å². The van der Waals surface area contributed by atoms with Gasteiger partial charge in [-0.2, -0.15) is 54.0 Å². The molecular formula is C13H23NS5Si. The van der Waals surface area contributed by atoms with Crippen LogP contribution in [0.2, 0.25) is 0 Å². The Morgan fingerprint density at radius 2 is 1.85 bits per heavy atom. The lowest BCUT2D eigenvalue weighted by molar-refractivity contribution is 0.912. The van der Waals surface area contributed by atoms with Crippen LogP contribution in [0, 0.1) is 0 Å². The summed E-state index contributed by atoms with van der Waals surface area (Å²) in [6.45, 7) is 5.97. The van der Waals surface area contributed by atoms with E-state index < -0.39 is 0 Å². The van der Waals surface area contributed by atoms with Crippen LogP contribution in [0.25, 0.3) is 10.2 Å². The highest BCUT2D eigenvalue weighted by molar-refractivity contribution is 7.59.